The molecule has 1 amide bonds. The second-order valence-corrected chi connectivity index (χ2v) is 9.96. The molecule has 33 heavy (non-hydrogen) atoms. The van der Waals surface area contributed by atoms with Crippen molar-refractivity contribution in [2.24, 2.45) is 0 Å². The fourth-order valence-corrected chi connectivity index (χ4v) is 5.28. The van der Waals surface area contributed by atoms with E-state index in [4.69, 9.17) is 23.2 Å². The Morgan fingerprint density at radius 3 is 2.70 bits per heavy atom. The van der Waals surface area contributed by atoms with E-state index >= 15 is 0 Å². The number of benzene rings is 2. The Kier molecular flexibility index (Phi) is 7.55. The molecule has 4 rings (SSSR count). The van der Waals surface area contributed by atoms with Crippen LogP contribution in [-0.4, -0.2) is 26.4 Å². The van der Waals surface area contributed by atoms with Crippen molar-refractivity contribution >= 4 is 57.9 Å². The Hall–Kier alpha value is -2.58. The molecule has 5 nitrogen and oxygen atoms in total. The molecule has 0 aliphatic rings. The van der Waals surface area contributed by atoms with Crippen molar-refractivity contribution < 1.29 is 4.79 Å². The van der Waals surface area contributed by atoms with E-state index in [0.717, 1.165) is 22.5 Å². The van der Waals surface area contributed by atoms with Crippen LogP contribution >= 0.6 is 46.3 Å². The third kappa shape index (κ3) is 5.33. The second-order valence-electron chi connectivity index (χ2n) is 7.12. The zero-order valence-electron chi connectivity index (χ0n) is 17.7. The Labute approximate surface area is 210 Å². The number of amides is 1. The van der Waals surface area contributed by atoms with Crippen molar-refractivity contribution in [2.45, 2.75) is 18.6 Å². The molecule has 0 aliphatic carbocycles. The van der Waals surface area contributed by atoms with Gasteiger partial charge in [0.05, 0.1) is 15.8 Å². The first kappa shape index (κ1) is 23.6. The molecule has 0 unspecified atom stereocenters. The van der Waals surface area contributed by atoms with Crippen molar-refractivity contribution in [3.8, 4) is 22.5 Å². The van der Waals surface area contributed by atoms with Crippen LogP contribution in [-0.2, 0) is 11.3 Å². The summed E-state index contributed by atoms with van der Waals surface area (Å²) >= 11 is 15.0. The van der Waals surface area contributed by atoms with Gasteiger partial charge in [0.25, 0.3) is 0 Å². The fourth-order valence-electron chi connectivity index (χ4n) is 3.37. The Morgan fingerprint density at radius 1 is 1.18 bits per heavy atom. The maximum atomic E-state index is 12.5. The van der Waals surface area contributed by atoms with Gasteiger partial charge in [0.2, 0.25) is 5.91 Å². The van der Waals surface area contributed by atoms with Crippen molar-refractivity contribution in [3.05, 3.63) is 81.5 Å². The summed E-state index contributed by atoms with van der Waals surface area (Å²) in [4.78, 5) is 13.7. The number of thiophene rings is 1. The lowest BCUT2D eigenvalue weighted by Crippen LogP contribution is -2.14. The summed E-state index contributed by atoms with van der Waals surface area (Å²) in [7, 11) is 0. The van der Waals surface area contributed by atoms with Crippen LogP contribution in [0.4, 0.5) is 5.69 Å². The first-order valence-corrected chi connectivity index (χ1v) is 12.7. The van der Waals surface area contributed by atoms with Crippen molar-refractivity contribution in [3.63, 3.8) is 0 Å². The summed E-state index contributed by atoms with van der Waals surface area (Å²) in [5.41, 5.74) is 3.89. The molecular weight excluding hydrogens is 495 g/mol. The standard InChI is InChI=1S/C24H20Cl2N4OS2/c1-3-11-30-23(18-13-32-15(2)22(18)16-7-5-4-6-8-16)28-29-24(30)33-14-21(31)27-17-9-10-19(25)20(26)12-17/h3-10,12-13H,1,11,14H2,2H3,(H,27,31). The average Bonchev–Trinajstić information content (AvgIpc) is 3.38. The van der Waals surface area contributed by atoms with E-state index in [-0.39, 0.29) is 11.7 Å². The summed E-state index contributed by atoms with van der Waals surface area (Å²) in [6.07, 6.45) is 1.80. The van der Waals surface area contributed by atoms with Gasteiger partial charge in [-0.1, -0.05) is 71.4 Å². The third-order valence-electron chi connectivity index (χ3n) is 4.84. The van der Waals surface area contributed by atoms with Gasteiger partial charge in [0.1, 0.15) is 0 Å². The summed E-state index contributed by atoms with van der Waals surface area (Å²) in [6.45, 7) is 6.51. The SMILES string of the molecule is C=CCn1c(SCC(=O)Nc2ccc(Cl)c(Cl)c2)nnc1-c1csc(C)c1-c1ccccc1. The highest BCUT2D eigenvalue weighted by molar-refractivity contribution is 7.99. The largest absolute Gasteiger partial charge is 0.325 e. The first-order valence-electron chi connectivity index (χ1n) is 10.0. The van der Waals surface area contributed by atoms with Gasteiger partial charge < -0.3 is 5.32 Å². The predicted octanol–water partition coefficient (Wildman–Crippen LogP) is 7.21. The lowest BCUT2D eigenvalue weighted by Gasteiger charge is -2.10. The van der Waals surface area contributed by atoms with Crippen LogP contribution in [0.2, 0.25) is 10.0 Å². The molecule has 0 saturated carbocycles. The number of nitrogens with one attached hydrogen (secondary N) is 1. The number of hydrogen-bond donors (Lipinski definition) is 1. The number of nitrogens with zero attached hydrogens (tertiary/aromatic N) is 3. The minimum atomic E-state index is -0.176. The van der Waals surface area contributed by atoms with Crippen LogP contribution in [0.3, 0.4) is 0 Å². The molecular formula is C24H20Cl2N4OS2. The molecule has 0 fully saturated rings. The molecule has 1 N–H and O–H groups in total. The Balaban J connectivity index is 1.56. The third-order valence-corrected chi connectivity index (χ3v) is 7.46. The smallest absolute Gasteiger partial charge is 0.234 e. The van der Waals surface area contributed by atoms with Gasteiger partial charge >= 0.3 is 0 Å². The number of rotatable bonds is 8. The maximum absolute atomic E-state index is 12.5. The molecule has 2 aromatic heterocycles. The first-order chi connectivity index (χ1) is 16.0. The van der Waals surface area contributed by atoms with Gasteiger partial charge in [-0.25, -0.2) is 0 Å². The van der Waals surface area contributed by atoms with E-state index in [2.05, 4.69) is 46.5 Å². The molecule has 2 aromatic carbocycles. The number of anilines is 1. The molecule has 0 spiro atoms. The highest BCUT2D eigenvalue weighted by Crippen LogP contribution is 2.39. The van der Waals surface area contributed by atoms with Crippen LogP contribution in [0.5, 0.6) is 0 Å². The van der Waals surface area contributed by atoms with Gasteiger partial charge in [0, 0.05) is 33.6 Å². The van der Waals surface area contributed by atoms with E-state index in [1.54, 1.807) is 35.6 Å². The van der Waals surface area contributed by atoms with Gasteiger partial charge in [-0.3, -0.25) is 9.36 Å². The zero-order valence-corrected chi connectivity index (χ0v) is 20.9. The number of carbonyl (C=O) groups is 1. The molecule has 168 valence electrons. The lowest BCUT2D eigenvalue weighted by atomic mass is 10.0. The van der Waals surface area contributed by atoms with E-state index < -0.39 is 0 Å². The number of carbonyl (C=O) groups excluding carboxylic acids is 1. The zero-order chi connectivity index (χ0) is 23.4. The van der Waals surface area contributed by atoms with Crippen molar-refractivity contribution in [1.82, 2.24) is 14.8 Å². The minimum Gasteiger partial charge on any atom is -0.325 e. The van der Waals surface area contributed by atoms with Gasteiger partial charge in [-0.15, -0.1) is 28.1 Å². The molecule has 0 radical (unpaired) electrons. The quantitative estimate of drug-likeness (QED) is 0.199. The minimum absolute atomic E-state index is 0.170. The highest BCUT2D eigenvalue weighted by Gasteiger charge is 2.20. The summed E-state index contributed by atoms with van der Waals surface area (Å²) < 4.78 is 1.98. The topological polar surface area (TPSA) is 59.8 Å². The van der Waals surface area contributed by atoms with Crippen LogP contribution < -0.4 is 5.32 Å². The number of hydrogen-bond acceptors (Lipinski definition) is 5. The van der Waals surface area contributed by atoms with E-state index in [1.807, 2.05) is 22.8 Å². The molecule has 0 bridgehead atoms. The maximum Gasteiger partial charge on any atom is 0.234 e. The predicted molar refractivity (Wildman–Crippen MR) is 140 cm³/mol. The second kappa shape index (κ2) is 10.6. The molecule has 2 heterocycles. The van der Waals surface area contributed by atoms with Gasteiger partial charge in [-0.05, 0) is 30.7 Å². The van der Waals surface area contributed by atoms with Crippen LogP contribution in [0.15, 0.2) is 71.7 Å². The van der Waals surface area contributed by atoms with Crippen LogP contribution in [0.25, 0.3) is 22.5 Å². The van der Waals surface area contributed by atoms with Crippen molar-refractivity contribution in [2.75, 3.05) is 11.1 Å². The fraction of sp³-hybridized carbons (Fsp3) is 0.125. The molecule has 0 saturated heterocycles. The number of aromatic nitrogens is 3. The Bertz CT molecular complexity index is 1300. The molecule has 0 aliphatic heterocycles. The van der Waals surface area contributed by atoms with E-state index in [0.29, 0.717) is 27.4 Å². The monoisotopic (exact) mass is 514 g/mol. The van der Waals surface area contributed by atoms with Gasteiger partial charge in [0.15, 0.2) is 11.0 Å². The van der Waals surface area contributed by atoms with E-state index in [9.17, 15) is 4.79 Å². The lowest BCUT2D eigenvalue weighted by molar-refractivity contribution is -0.113. The normalized spacial score (nSPS) is 10.9. The Morgan fingerprint density at radius 2 is 1.97 bits per heavy atom. The summed E-state index contributed by atoms with van der Waals surface area (Å²) in [6, 6.07) is 15.2. The summed E-state index contributed by atoms with van der Waals surface area (Å²) in [5, 5.41) is 15.3. The average molecular weight is 515 g/mol. The van der Waals surface area contributed by atoms with Crippen molar-refractivity contribution in [1.29, 1.82) is 0 Å². The number of allylic oxidation sites excluding steroid dienone is 1. The van der Waals surface area contributed by atoms with Gasteiger partial charge in [-0.2, -0.15) is 0 Å². The molecule has 0 atom stereocenters. The van der Waals surface area contributed by atoms with Crippen LogP contribution in [0.1, 0.15) is 4.88 Å². The van der Waals surface area contributed by atoms with E-state index in [1.165, 1.54) is 16.6 Å². The number of halogens is 2. The molecule has 4 aromatic rings. The molecule has 9 heteroatoms. The number of thioether (sulfide) groups is 1. The number of aryl methyl sites for hydroxylation is 1. The summed E-state index contributed by atoms with van der Waals surface area (Å²) in [5.74, 6) is 0.749. The highest BCUT2D eigenvalue weighted by atomic mass is 35.5. The van der Waals surface area contributed by atoms with Crippen LogP contribution in [0, 0.1) is 6.92 Å².